The predicted molar refractivity (Wildman–Crippen MR) is 109 cm³/mol. The summed E-state index contributed by atoms with van der Waals surface area (Å²) < 4.78 is 5.35. The van der Waals surface area contributed by atoms with Crippen molar-refractivity contribution in [3.8, 4) is 5.75 Å². The van der Waals surface area contributed by atoms with Gasteiger partial charge in [-0.3, -0.25) is 4.79 Å². The number of guanidine groups is 1. The largest absolute Gasteiger partial charge is 0.484 e. The van der Waals surface area contributed by atoms with Crippen molar-refractivity contribution in [3.63, 3.8) is 0 Å². The van der Waals surface area contributed by atoms with Gasteiger partial charge in [-0.15, -0.1) is 0 Å². The van der Waals surface area contributed by atoms with Crippen LogP contribution in [0.15, 0.2) is 29.3 Å². The number of benzene rings is 1. The molecular weight excluding hydrogens is 348 g/mol. The summed E-state index contributed by atoms with van der Waals surface area (Å²) in [4.78, 5) is 15.5. The Morgan fingerprint density at radius 1 is 1.42 bits per heavy atom. The molecule has 1 fully saturated rings. The fourth-order valence-electron chi connectivity index (χ4n) is 3.06. The Labute approximate surface area is 160 Å². The lowest BCUT2D eigenvalue weighted by molar-refractivity contribution is -0.119. The van der Waals surface area contributed by atoms with Crippen LogP contribution in [0.4, 0.5) is 0 Å². The van der Waals surface area contributed by atoms with Gasteiger partial charge >= 0.3 is 0 Å². The van der Waals surface area contributed by atoms with Gasteiger partial charge in [-0.1, -0.05) is 18.6 Å². The van der Waals surface area contributed by atoms with E-state index in [4.69, 9.17) is 15.5 Å². The van der Waals surface area contributed by atoms with Crippen molar-refractivity contribution >= 4 is 23.6 Å². The van der Waals surface area contributed by atoms with Crippen molar-refractivity contribution in [3.05, 3.63) is 29.8 Å². The summed E-state index contributed by atoms with van der Waals surface area (Å²) >= 11 is 1.96. The van der Waals surface area contributed by atoms with Crippen LogP contribution in [-0.4, -0.2) is 42.6 Å². The topological polar surface area (TPSA) is 88.7 Å². The molecule has 0 radical (unpaired) electrons. The third kappa shape index (κ3) is 7.15. The van der Waals surface area contributed by atoms with E-state index < -0.39 is 5.91 Å². The van der Waals surface area contributed by atoms with Crippen LogP contribution in [0.3, 0.4) is 0 Å². The lowest BCUT2D eigenvalue weighted by Crippen LogP contribution is -2.45. The molecule has 1 aliphatic rings. The molecule has 0 heterocycles. The van der Waals surface area contributed by atoms with Gasteiger partial charge in [0.1, 0.15) is 5.75 Å². The molecule has 1 aromatic carbocycles. The molecule has 1 aliphatic carbocycles. The molecule has 0 bridgehead atoms. The van der Waals surface area contributed by atoms with E-state index in [0.717, 1.165) is 23.3 Å². The van der Waals surface area contributed by atoms with E-state index in [-0.39, 0.29) is 6.61 Å². The van der Waals surface area contributed by atoms with E-state index in [1.54, 1.807) is 0 Å². The number of hydrogen-bond acceptors (Lipinski definition) is 4. The molecule has 1 aromatic rings. The van der Waals surface area contributed by atoms with Crippen molar-refractivity contribution in [1.29, 1.82) is 0 Å². The molecule has 2 unspecified atom stereocenters. The van der Waals surface area contributed by atoms with Crippen molar-refractivity contribution in [2.45, 2.75) is 50.4 Å². The fourth-order valence-corrected chi connectivity index (χ4v) is 3.89. The number of aliphatic imine (C=N–C) groups is 1. The average Bonchev–Trinajstić information content (AvgIpc) is 2.65. The van der Waals surface area contributed by atoms with Crippen molar-refractivity contribution in [2.24, 2.45) is 10.7 Å². The van der Waals surface area contributed by atoms with Gasteiger partial charge < -0.3 is 21.1 Å². The maximum atomic E-state index is 10.8. The lowest BCUT2D eigenvalue weighted by Gasteiger charge is -2.29. The highest BCUT2D eigenvalue weighted by Gasteiger charge is 2.21. The third-order valence-electron chi connectivity index (χ3n) is 4.34. The van der Waals surface area contributed by atoms with E-state index in [0.29, 0.717) is 18.3 Å². The smallest absolute Gasteiger partial charge is 0.255 e. The number of carbonyl (C=O) groups is 1. The van der Waals surface area contributed by atoms with Gasteiger partial charge in [-0.05, 0) is 50.1 Å². The minimum absolute atomic E-state index is 0.116. The van der Waals surface area contributed by atoms with Gasteiger partial charge in [0, 0.05) is 17.8 Å². The Hall–Kier alpha value is -1.89. The van der Waals surface area contributed by atoms with E-state index >= 15 is 0 Å². The molecule has 0 saturated heterocycles. The molecule has 2 rings (SSSR count). The summed E-state index contributed by atoms with van der Waals surface area (Å²) in [7, 11) is 0. The monoisotopic (exact) mass is 378 g/mol. The van der Waals surface area contributed by atoms with Crippen LogP contribution in [0.5, 0.6) is 5.75 Å². The predicted octanol–water partition coefficient (Wildman–Crippen LogP) is 2.28. The molecule has 26 heavy (non-hydrogen) atoms. The molecule has 0 aliphatic heterocycles. The molecular formula is C19H30N4O2S. The fraction of sp³-hybridized carbons (Fsp3) is 0.579. The Bertz CT molecular complexity index is 609. The Morgan fingerprint density at radius 3 is 3.00 bits per heavy atom. The number of amides is 1. The SMILES string of the molecule is CCNC(=NCc1cccc(OCC(N)=O)c1)NC1CCCC(SC)C1. The highest BCUT2D eigenvalue weighted by Crippen LogP contribution is 2.26. The van der Waals surface area contributed by atoms with Gasteiger partial charge in [0.2, 0.25) is 0 Å². The first kappa shape index (κ1) is 20.4. The molecule has 0 spiro atoms. The molecule has 6 nitrogen and oxygen atoms in total. The van der Waals surface area contributed by atoms with Crippen LogP contribution in [0.2, 0.25) is 0 Å². The Kier molecular flexibility index (Phi) is 8.61. The number of thioether (sulfide) groups is 1. The van der Waals surface area contributed by atoms with Crippen LogP contribution in [-0.2, 0) is 11.3 Å². The zero-order valence-electron chi connectivity index (χ0n) is 15.7. The first-order valence-corrected chi connectivity index (χ1v) is 10.5. The second-order valence-corrected chi connectivity index (χ2v) is 7.60. The van der Waals surface area contributed by atoms with E-state index in [9.17, 15) is 4.79 Å². The minimum Gasteiger partial charge on any atom is -0.484 e. The molecule has 7 heteroatoms. The average molecular weight is 379 g/mol. The summed E-state index contributed by atoms with van der Waals surface area (Å²) in [6.07, 6.45) is 7.15. The second kappa shape index (κ2) is 11.0. The van der Waals surface area contributed by atoms with E-state index in [1.165, 1.54) is 25.7 Å². The summed E-state index contributed by atoms with van der Waals surface area (Å²) in [5.41, 5.74) is 6.14. The molecule has 1 saturated carbocycles. The number of nitrogens with zero attached hydrogens (tertiary/aromatic N) is 1. The minimum atomic E-state index is -0.483. The summed E-state index contributed by atoms with van der Waals surface area (Å²) in [5, 5.41) is 7.65. The lowest BCUT2D eigenvalue weighted by atomic mass is 9.95. The first-order chi connectivity index (χ1) is 12.6. The first-order valence-electron chi connectivity index (χ1n) is 9.18. The number of carbonyl (C=O) groups excluding carboxylic acids is 1. The van der Waals surface area contributed by atoms with E-state index in [1.807, 2.05) is 36.0 Å². The number of rotatable bonds is 8. The number of nitrogens with two attached hydrogens (primary N) is 1. The zero-order chi connectivity index (χ0) is 18.8. The zero-order valence-corrected chi connectivity index (χ0v) is 16.5. The number of nitrogens with one attached hydrogen (secondary N) is 2. The van der Waals surface area contributed by atoms with Crippen LogP contribution < -0.4 is 21.1 Å². The van der Waals surface area contributed by atoms with Crippen LogP contribution >= 0.6 is 11.8 Å². The summed E-state index contributed by atoms with van der Waals surface area (Å²) in [6, 6.07) is 8.06. The number of ether oxygens (including phenoxy) is 1. The maximum absolute atomic E-state index is 10.8. The number of hydrogen-bond donors (Lipinski definition) is 3. The van der Waals surface area contributed by atoms with Crippen LogP contribution in [0.25, 0.3) is 0 Å². The third-order valence-corrected chi connectivity index (χ3v) is 5.44. The van der Waals surface area contributed by atoms with Gasteiger partial charge in [-0.2, -0.15) is 11.8 Å². The highest BCUT2D eigenvalue weighted by atomic mass is 32.2. The number of primary amides is 1. The Morgan fingerprint density at radius 2 is 2.27 bits per heavy atom. The van der Waals surface area contributed by atoms with Crippen molar-refractivity contribution in [2.75, 3.05) is 19.4 Å². The van der Waals surface area contributed by atoms with Crippen molar-refractivity contribution < 1.29 is 9.53 Å². The quantitative estimate of drug-likeness (QED) is 0.477. The summed E-state index contributed by atoms with van der Waals surface area (Å²) in [6.45, 7) is 3.32. The molecule has 4 N–H and O–H groups in total. The molecule has 144 valence electrons. The maximum Gasteiger partial charge on any atom is 0.255 e. The van der Waals surface area contributed by atoms with Crippen molar-refractivity contribution in [1.82, 2.24) is 10.6 Å². The Balaban J connectivity index is 1.95. The van der Waals surface area contributed by atoms with Crippen LogP contribution in [0.1, 0.15) is 38.2 Å². The highest BCUT2D eigenvalue weighted by molar-refractivity contribution is 7.99. The van der Waals surface area contributed by atoms with Gasteiger partial charge in [0.25, 0.3) is 5.91 Å². The second-order valence-electron chi connectivity index (χ2n) is 6.46. The summed E-state index contributed by atoms with van der Waals surface area (Å²) in [5.74, 6) is 0.996. The normalized spacial score (nSPS) is 20.5. The van der Waals surface area contributed by atoms with Gasteiger partial charge in [0.05, 0.1) is 6.54 Å². The molecule has 1 amide bonds. The van der Waals surface area contributed by atoms with Gasteiger partial charge in [0.15, 0.2) is 12.6 Å². The molecule has 2 atom stereocenters. The van der Waals surface area contributed by atoms with E-state index in [2.05, 4.69) is 23.8 Å². The van der Waals surface area contributed by atoms with Crippen LogP contribution in [0, 0.1) is 0 Å². The van der Waals surface area contributed by atoms with Gasteiger partial charge in [-0.25, -0.2) is 4.99 Å². The standard InChI is InChI=1S/C19H30N4O2S/c1-3-21-19(23-15-7-5-9-17(11-15)26-2)22-12-14-6-4-8-16(10-14)25-13-18(20)24/h4,6,8,10,15,17H,3,5,7,9,11-13H2,1-2H3,(H2,20,24)(H2,21,22,23). The molecule has 0 aromatic heterocycles.